The van der Waals surface area contributed by atoms with Crippen molar-refractivity contribution in [3.05, 3.63) is 75.3 Å². The Bertz CT molecular complexity index is 673. The minimum absolute atomic E-state index is 0.0604. The molecule has 0 aromatic heterocycles. The van der Waals surface area contributed by atoms with Gasteiger partial charge in [0.15, 0.2) is 0 Å². The fraction of sp³-hybridized carbons (Fsp3) is 0.176. The van der Waals surface area contributed by atoms with Crippen LogP contribution in [0.1, 0.15) is 22.6 Å². The van der Waals surface area contributed by atoms with Crippen molar-refractivity contribution in [2.75, 3.05) is 0 Å². The van der Waals surface area contributed by atoms with Crippen LogP contribution in [-0.2, 0) is 0 Å². The number of halogens is 5. The van der Waals surface area contributed by atoms with E-state index in [-0.39, 0.29) is 15.6 Å². The summed E-state index contributed by atoms with van der Waals surface area (Å²) in [5.41, 5.74) is 1.82. The standard InChI is InChI=1S/C17H13Cl2F3/c1-11-2-4-12(5-3-11)6-8-14(17(20,21)22)13-7-9-15(18)16(19)10-13/h2-10,14H,1H3/b8-6+. The van der Waals surface area contributed by atoms with Crippen LogP contribution in [0.25, 0.3) is 6.08 Å². The molecule has 0 nitrogen and oxygen atoms in total. The molecule has 2 aromatic rings. The average molecular weight is 345 g/mol. The van der Waals surface area contributed by atoms with E-state index in [1.165, 1.54) is 24.3 Å². The second kappa shape index (κ2) is 6.76. The van der Waals surface area contributed by atoms with Crippen molar-refractivity contribution in [3.63, 3.8) is 0 Å². The third-order valence-corrected chi connectivity index (χ3v) is 3.95. The zero-order chi connectivity index (χ0) is 16.3. The molecule has 0 saturated heterocycles. The molecule has 0 aliphatic rings. The highest BCUT2D eigenvalue weighted by Crippen LogP contribution is 2.38. The van der Waals surface area contributed by atoms with Crippen LogP contribution in [0.4, 0.5) is 13.2 Å². The van der Waals surface area contributed by atoms with Crippen molar-refractivity contribution < 1.29 is 13.2 Å². The summed E-state index contributed by atoms with van der Waals surface area (Å²) in [5.74, 6) is -1.73. The van der Waals surface area contributed by atoms with E-state index >= 15 is 0 Å². The average Bonchev–Trinajstić information content (AvgIpc) is 2.43. The second-order valence-electron chi connectivity index (χ2n) is 4.96. The first-order chi connectivity index (χ1) is 10.3. The molecule has 0 N–H and O–H groups in total. The lowest BCUT2D eigenvalue weighted by Crippen LogP contribution is -2.18. The van der Waals surface area contributed by atoms with Gasteiger partial charge in [-0.1, -0.05) is 71.2 Å². The van der Waals surface area contributed by atoms with E-state index in [0.717, 1.165) is 11.6 Å². The van der Waals surface area contributed by atoms with Crippen molar-refractivity contribution >= 4 is 29.3 Å². The van der Waals surface area contributed by atoms with Crippen LogP contribution in [0, 0.1) is 6.92 Å². The molecule has 0 radical (unpaired) electrons. The highest BCUT2D eigenvalue weighted by atomic mass is 35.5. The molecule has 2 aromatic carbocycles. The highest BCUT2D eigenvalue weighted by Gasteiger charge is 2.39. The summed E-state index contributed by atoms with van der Waals surface area (Å²) in [6.45, 7) is 1.92. The summed E-state index contributed by atoms with van der Waals surface area (Å²) in [5, 5.41) is 0.339. The van der Waals surface area contributed by atoms with Crippen LogP contribution in [0.2, 0.25) is 10.0 Å². The molecule has 0 heterocycles. The van der Waals surface area contributed by atoms with Gasteiger partial charge in [-0.3, -0.25) is 0 Å². The van der Waals surface area contributed by atoms with Gasteiger partial charge in [0.25, 0.3) is 0 Å². The lowest BCUT2D eigenvalue weighted by molar-refractivity contribution is -0.139. The van der Waals surface area contributed by atoms with E-state index in [4.69, 9.17) is 23.2 Å². The molecule has 0 saturated carbocycles. The Morgan fingerprint density at radius 1 is 0.955 bits per heavy atom. The topological polar surface area (TPSA) is 0 Å². The molecule has 5 heteroatoms. The van der Waals surface area contributed by atoms with E-state index in [2.05, 4.69) is 0 Å². The number of alkyl halides is 3. The first-order valence-electron chi connectivity index (χ1n) is 6.54. The van der Waals surface area contributed by atoms with Crippen LogP contribution in [0.3, 0.4) is 0 Å². The van der Waals surface area contributed by atoms with Crippen LogP contribution >= 0.6 is 23.2 Å². The predicted molar refractivity (Wildman–Crippen MR) is 85.5 cm³/mol. The summed E-state index contributed by atoms with van der Waals surface area (Å²) >= 11 is 11.6. The minimum atomic E-state index is -4.40. The molecular weight excluding hydrogens is 332 g/mol. The Hall–Kier alpha value is -1.45. The van der Waals surface area contributed by atoms with Crippen molar-refractivity contribution in [1.29, 1.82) is 0 Å². The van der Waals surface area contributed by atoms with E-state index < -0.39 is 12.1 Å². The quantitative estimate of drug-likeness (QED) is 0.583. The summed E-state index contributed by atoms with van der Waals surface area (Å²) in [7, 11) is 0. The van der Waals surface area contributed by atoms with Crippen molar-refractivity contribution in [2.24, 2.45) is 0 Å². The molecule has 116 valence electrons. The van der Waals surface area contributed by atoms with Gasteiger partial charge in [-0.2, -0.15) is 13.2 Å². The maximum atomic E-state index is 13.3. The predicted octanol–water partition coefficient (Wildman–Crippen LogP) is 6.66. The monoisotopic (exact) mass is 344 g/mol. The normalized spacial score (nSPS) is 13.5. The number of allylic oxidation sites excluding steroid dienone is 1. The molecular formula is C17H13Cl2F3. The summed E-state index contributed by atoms with van der Waals surface area (Å²) < 4.78 is 39.8. The molecule has 22 heavy (non-hydrogen) atoms. The molecule has 0 fully saturated rings. The Labute approximate surface area is 137 Å². The number of rotatable bonds is 3. The van der Waals surface area contributed by atoms with Crippen LogP contribution in [-0.4, -0.2) is 6.18 Å². The molecule has 1 unspecified atom stereocenters. The lowest BCUT2D eigenvalue weighted by atomic mass is 9.97. The number of aryl methyl sites for hydroxylation is 1. The molecule has 0 aliphatic carbocycles. The largest absolute Gasteiger partial charge is 0.399 e. The van der Waals surface area contributed by atoms with Crippen LogP contribution in [0.15, 0.2) is 48.5 Å². The van der Waals surface area contributed by atoms with Crippen molar-refractivity contribution in [3.8, 4) is 0 Å². The van der Waals surface area contributed by atoms with Gasteiger partial charge in [0, 0.05) is 0 Å². The molecule has 0 amide bonds. The molecule has 2 rings (SSSR count). The minimum Gasteiger partial charge on any atom is -0.170 e. The fourth-order valence-electron chi connectivity index (χ4n) is 2.00. The Morgan fingerprint density at radius 3 is 2.14 bits per heavy atom. The fourth-order valence-corrected chi connectivity index (χ4v) is 2.31. The van der Waals surface area contributed by atoms with Crippen molar-refractivity contribution in [1.82, 2.24) is 0 Å². The van der Waals surface area contributed by atoms with Crippen LogP contribution < -0.4 is 0 Å². The lowest BCUT2D eigenvalue weighted by Gasteiger charge is -2.17. The maximum Gasteiger partial charge on any atom is 0.399 e. The zero-order valence-corrected chi connectivity index (χ0v) is 13.2. The number of hydrogen-bond acceptors (Lipinski definition) is 0. The first-order valence-corrected chi connectivity index (χ1v) is 7.29. The van der Waals surface area contributed by atoms with Crippen molar-refractivity contribution in [2.45, 2.75) is 19.0 Å². The van der Waals surface area contributed by atoms with Gasteiger partial charge in [-0.25, -0.2) is 0 Å². The Kier molecular flexibility index (Phi) is 5.20. The SMILES string of the molecule is Cc1ccc(/C=C/C(c2ccc(Cl)c(Cl)c2)C(F)(F)F)cc1. The van der Waals surface area contributed by atoms with E-state index in [0.29, 0.717) is 5.56 Å². The van der Waals surface area contributed by atoms with Gasteiger partial charge in [-0.15, -0.1) is 0 Å². The van der Waals surface area contributed by atoms with E-state index in [1.807, 2.05) is 19.1 Å². The van der Waals surface area contributed by atoms with Gasteiger partial charge >= 0.3 is 6.18 Å². The van der Waals surface area contributed by atoms with Gasteiger partial charge in [0.2, 0.25) is 0 Å². The molecule has 0 aliphatic heterocycles. The van der Waals surface area contributed by atoms with Gasteiger partial charge in [0.05, 0.1) is 16.0 Å². The Morgan fingerprint density at radius 2 is 1.59 bits per heavy atom. The Balaban J connectivity index is 2.34. The summed E-state index contributed by atoms with van der Waals surface area (Å²) in [6.07, 6.45) is -1.82. The zero-order valence-electron chi connectivity index (χ0n) is 11.7. The summed E-state index contributed by atoms with van der Waals surface area (Å²) in [6, 6.07) is 11.2. The second-order valence-corrected chi connectivity index (χ2v) is 5.78. The van der Waals surface area contributed by atoms with Gasteiger partial charge in [0.1, 0.15) is 0 Å². The van der Waals surface area contributed by atoms with E-state index in [1.54, 1.807) is 12.1 Å². The third-order valence-electron chi connectivity index (χ3n) is 3.21. The van der Waals surface area contributed by atoms with Gasteiger partial charge < -0.3 is 0 Å². The van der Waals surface area contributed by atoms with Crippen LogP contribution in [0.5, 0.6) is 0 Å². The van der Waals surface area contributed by atoms with Gasteiger partial charge in [-0.05, 0) is 30.2 Å². The number of benzene rings is 2. The molecule has 1 atom stereocenters. The summed E-state index contributed by atoms with van der Waals surface area (Å²) in [4.78, 5) is 0. The smallest absolute Gasteiger partial charge is 0.170 e. The first kappa shape index (κ1) is 16.9. The third kappa shape index (κ3) is 4.28. The number of hydrogen-bond donors (Lipinski definition) is 0. The molecule has 0 spiro atoms. The maximum absolute atomic E-state index is 13.3. The van der Waals surface area contributed by atoms with E-state index in [9.17, 15) is 13.2 Å². The highest BCUT2D eigenvalue weighted by molar-refractivity contribution is 6.42. The molecule has 0 bridgehead atoms.